The smallest absolute Gasteiger partial charge is 0.398 e. The zero-order valence-electron chi connectivity index (χ0n) is 14.8. The highest BCUT2D eigenvalue weighted by atomic mass is 19.2. The molecule has 0 amide bonds. The Bertz CT molecular complexity index is 1030. The number of allylic oxidation sites excluding steroid dienone is 2. The van der Waals surface area contributed by atoms with E-state index in [9.17, 15) is 0 Å². The van der Waals surface area contributed by atoms with E-state index in [1.54, 1.807) is 13.8 Å². The fraction of sp³-hybridized carbons (Fsp3) is 0.211. The minimum atomic E-state index is -3.94. The van der Waals surface area contributed by atoms with Crippen molar-refractivity contribution in [1.82, 2.24) is 4.48 Å². The maximum absolute atomic E-state index is 15.5. The van der Waals surface area contributed by atoms with Crippen LogP contribution in [0.5, 0.6) is 0 Å². The summed E-state index contributed by atoms with van der Waals surface area (Å²) in [6.07, 6.45) is 1.82. The molecule has 0 aliphatic carbocycles. The minimum absolute atomic E-state index is 0.556. The molecule has 2 aromatic rings. The van der Waals surface area contributed by atoms with Gasteiger partial charge in [-0.3, -0.25) is 0 Å². The summed E-state index contributed by atoms with van der Waals surface area (Å²) in [4.78, 5) is 0. The molecule has 4 rings (SSSR count). The molecule has 2 aliphatic rings. The number of aromatic nitrogens is 1. The minimum Gasteiger partial charge on any atom is -0.398 e. The third-order valence-corrected chi connectivity index (χ3v) is 5.16. The second-order valence-electron chi connectivity index (χ2n) is 6.93. The first kappa shape index (κ1) is 15.9. The summed E-state index contributed by atoms with van der Waals surface area (Å²) in [5.41, 5.74) is 12.3. The SMILES string of the molecule is CC1=CC(C)=[N+]2C1=C(c1ccccc1N)c1c(C)cc(C)n1[B-]2(F)F. The predicted molar refractivity (Wildman–Crippen MR) is 98.8 cm³/mol. The molecule has 3 heterocycles. The summed E-state index contributed by atoms with van der Waals surface area (Å²) in [5, 5.41) is 0. The van der Waals surface area contributed by atoms with Crippen LogP contribution in [-0.2, 0) is 0 Å². The summed E-state index contributed by atoms with van der Waals surface area (Å²) in [6.45, 7) is 3.28. The van der Waals surface area contributed by atoms with E-state index in [1.807, 2.05) is 50.3 Å². The molecule has 0 unspecified atom stereocenters. The normalized spacial score (nSPS) is 18.4. The Kier molecular flexibility index (Phi) is 3.14. The van der Waals surface area contributed by atoms with Gasteiger partial charge >= 0.3 is 6.97 Å². The van der Waals surface area contributed by atoms with Crippen LogP contribution in [0.1, 0.15) is 36.4 Å². The van der Waals surface area contributed by atoms with Gasteiger partial charge in [-0.25, -0.2) is 0 Å². The number of nitrogens with two attached hydrogens (primary N) is 1. The Morgan fingerprint density at radius 3 is 2.44 bits per heavy atom. The van der Waals surface area contributed by atoms with E-state index in [1.165, 1.54) is 8.96 Å². The van der Waals surface area contributed by atoms with Gasteiger partial charge in [0.05, 0.1) is 5.57 Å². The number of hydrogen-bond donors (Lipinski definition) is 1. The summed E-state index contributed by atoms with van der Waals surface area (Å²) in [5.74, 6) is 0. The van der Waals surface area contributed by atoms with Crippen molar-refractivity contribution in [3.8, 4) is 0 Å². The lowest BCUT2D eigenvalue weighted by atomic mass is 9.83. The van der Waals surface area contributed by atoms with Crippen LogP contribution >= 0.6 is 0 Å². The van der Waals surface area contributed by atoms with Gasteiger partial charge in [0, 0.05) is 35.5 Å². The van der Waals surface area contributed by atoms with Gasteiger partial charge in [-0.1, -0.05) is 18.2 Å². The van der Waals surface area contributed by atoms with Crippen molar-refractivity contribution in [2.24, 2.45) is 0 Å². The molecule has 0 atom stereocenters. The molecule has 2 aliphatic heterocycles. The van der Waals surface area contributed by atoms with Crippen molar-refractivity contribution < 1.29 is 13.1 Å². The summed E-state index contributed by atoms with van der Waals surface area (Å²) >= 11 is 0. The molecule has 0 fully saturated rings. The molecule has 3 nitrogen and oxygen atoms in total. The first-order valence-corrected chi connectivity index (χ1v) is 8.37. The van der Waals surface area contributed by atoms with Crippen molar-refractivity contribution in [1.29, 1.82) is 0 Å². The Morgan fingerprint density at radius 2 is 1.76 bits per heavy atom. The van der Waals surface area contributed by atoms with Crippen LogP contribution in [0.3, 0.4) is 0 Å². The number of hydrogen-bond acceptors (Lipinski definition) is 1. The average molecular weight is 339 g/mol. The molecule has 0 spiro atoms. The van der Waals surface area contributed by atoms with E-state index in [2.05, 4.69) is 0 Å². The number of rotatable bonds is 1. The highest BCUT2D eigenvalue weighted by Gasteiger charge is 2.55. The quantitative estimate of drug-likeness (QED) is 0.616. The summed E-state index contributed by atoms with van der Waals surface area (Å²) in [7, 11) is 0. The standard InChI is InChI=1S/C19H20BF2N3/c1-11-9-13(3)24-18(11)17(15-7-5-6-8-16(15)23)19-12(2)10-14(4)25(19)20(24,21)22/h5-10H,23H2,1-4H3. The lowest BCUT2D eigenvalue weighted by Crippen LogP contribution is -2.51. The fourth-order valence-corrected chi connectivity index (χ4v) is 4.28. The lowest BCUT2D eigenvalue weighted by molar-refractivity contribution is -0.363. The van der Waals surface area contributed by atoms with Crippen LogP contribution in [0.25, 0.3) is 5.57 Å². The molecule has 25 heavy (non-hydrogen) atoms. The highest BCUT2D eigenvalue weighted by Crippen LogP contribution is 2.45. The van der Waals surface area contributed by atoms with Gasteiger partial charge in [-0.2, -0.15) is 0 Å². The molecule has 0 bridgehead atoms. The Morgan fingerprint density at radius 1 is 1.08 bits per heavy atom. The van der Waals surface area contributed by atoms with Crippen LogP contribution in [0.2, 0.25) is 0 Å². The maximum Gasteiger partial charge on any atom is 0.737 e. The maximum atomic E-state index is 15.5. The van der Waals surface area contributed by atoms with Crippen molar-refractivity contribution in [3.63, 3.8) is 0 Å². The number of benzene rings is 1. The van der Waals surface area contributed by atoms with Gasteiger partial charge in [0.15, 0.2) is 5.70 Å². The second kappa shape index (κ2) is 4.94. The van der Waals surface area contributed by atoms with E-state index >= 15 is 8.63 Å². The average Bonchev–Trinajstić information content (AvgIpc) is 2.99. The number of nitrogen functional groups attached to an aromatic ring is 1. The number of halogens is 2. The zero-order valence-corrected chi connectivity index (χ0v) is 14.8. The summed E-state index contributed by atoms with van der Waals surface area (Å²) < 4.78 is 33.3. The molecule has 128 valence electrons. The number of aryl methyl sites for hydroxylation is 2. The van der Waals surface area contributed by atoms with E-state index < -0.39 is 6.97 Å². The van der Waals surface area contributed by atoms with Gasteiger partial charge in [0.1, 0.15) is 5.71 Å². The molecular formula is C19H20BF2N3. The lowest BCUT2D eigenvalue weighted by Gasteiger charge is -2.34. The van der Waals surface area contributed by atoms with Gasteiger partial charge in [0.2, 0.25) is 0 Å². The van der Waals surface area contributed by atoms with Crippen LogP contribution in [0, 0.1) is 13.8 Å². The zero-order chi connectivity index (χ0) is 18.1. The fourth-order valence-electron chi connectivity index (χ4n) is 4.28. The second-order valence-corrected chi connectivity index (χ2v) is 6.93. The number of anilines is 1. The Labute approximate surface area is 145 Å². The highest BCUT2D eigenvalue weighted by molar-refractivity contribution is 6.58. The van der Waals surface area contributed by atoms with Crippen molar-refractivity contribution in [3.05, 3.63) is 70.2 Å². The first-order valence-electron chi connectivity index (χ1n) is 8.37. The van der Waals surface area contributed by atoms with Crippen LogP contribution in [0.4, 0.5) is 14.3 Å². The van der Waals surface area contributed by atoms with E-state index in [0.717, 1.165) is 22.3 Å². The third kappa shape index (κ3) is 1.94. The first-order chi connectivity index (χ1) is 11.7. The largest absolute Gasteiger partial charge is 0.737 e. The monoisotopic (exact) mass is 339 g/mol. The van der Waals surface area contributed by atoms with E-state index in [4.69, 9.17) is 5.73 Å². The van der Waals surface area contributed by atoms with Gasteiger partial charge in [-0.05, 0) is 44.2 Å². The van der Waals surface area contributed by atoms with Gasteiger partial charge in [-0.15, -0.1) is 0 Å². The Hall–Kier alpha value is -2.63. The third-order valence-electron chi connectivity index (χ3n) is 5.16. The molecular weight excluding hydrogens is 319 g/mol. The molecule has 0 saturated carbocycles. The van der Waals surface area contributed by atoms with Crippen molar-refractivity contribution in [2.75, 3.05) is 5.73 Å². The predicted octanol–water partition coefficient (Wildman–Crippen LogP) is 4.12. The topological polar surface area (TPSA) is 34.0 Å². The molecule has 0 saturated heterocycles. The molecule has 1 aromatic carbocycles. The number of fused-ring (bicyclic) bond motifs is 2. The van der Waals surface area contributed by atoms with Crippen molar-refractivity contribution in [2.45, 2.75) is 27.7 Å². The Balaban J connectivity index is 2.22. The molecule has 6 heteroatoms. The van der Waals surface area contributed by atoms with Crippen LogP contribution in [-0.4, -0.2) is 21.6 Å². The van der Waals surface area contributed by atoms with Crippen molar-refractivity contribution >= 4 is 23.9 Å². The van der Waals surface area contributed by atoms with Gasteiger partial charge < -0.3 is 23.3 Å². The number of nitrogens with zero attached hydrogens (tertiary/aromatic N) is 2. The summed E-state index contributed by atoms with van der Waals surface area (Å²) in [6, 6.07) is 9.28. The van der Waals surface area contributed by atoms with Crippen LogP contribution in [0.15, 0.2) is 47.7 Å². The molecule has 1 aromatic heterocycles. The molecule has 2 N–H and O–H groups in total. The van der Waals surface area contributed by atoms with E-state index in [0.29, 0.717) is 28.5 Å². The van der Waals surface area contributed by atoms with Crippen LogP contribution < -0.4 is 5.73 Å². The number of para-hydroxylation sites is 1. The van der Waals surface area contributed by atoms with Gasteiger partial charge in [0.25, 0.3) is 0 Å². The molecule has 0 radical (unpaired) electrons. The van der Waals surface area contributed by atoms with E-state index in [-0.39, 0.29) is 0 Å².